The highest BCUT2D eigenvalue weighted by Gasteiger charge is 2.29. The van der Waals surface area contributed by atoms with Gasteiger partial charge in [-0.05, 0) is 30.7 Å². The van der Waals surface area contributed by atoms with Crippen molar-refractivity contribution in [2.75, 3.05) is 41.6 Å². The molecule has 2 aromatic heterocycles. The van der Waals surface area contributed by atoms with Crippen LogP contribution in [0.4, 0.5) is 11.5 Å². The molecule has 28 heavy (non-hydrogen) atoms. The van der Waals surface area contributed by atoms with Crippen LogP contribution in [0.3, 0.4) is 0 Å². The molecule has 0 spiro atoms. The van der Waals surface area contributed by atoms with Gasteiger partial charge in [0.2, 0.25) is 10.0 Å². The van der Waals surface area contributed by atoms with Crippen LogP contribution in [0.25, 0.3) is 4.91 Å². The average Bonchev–Trinajstić information content (AvgIpc) is 3.18. The van der Waals surface area contributed by atoms with Crippen LogP contribution in [-0.4, -0.2) is 60.5 Å². The maximum absolute atomic E-state index is 11.8. The molecule has 0 amide bonds. The summed E-state index contributed by atoms with van der Waals surface area (Å²) in [6.45, 7) is 3.74. The van der Waals surface area contributed by atoms with E-state index in [0.717, 1.165) is 22.9 Å². The number of rotatable bonds is 4. The minimum absolute atomic E-state index is 0.106. The van der Waals surface area contributed by atoms with E-state index < -0.39 is 10.0 Å². The molecule has 0 radical (unpaired) electrons. The van der Waals surface area contributed by atoms with Crippen molar-refractivity contribution in [3.05, 3.63) is 54.6 Å². The molecule has 7 nitrogen and oxygen atoms in total. The van der Waals surface area contributed by atoms with Crippen LogP contribution >= 0.6 is 11.8 Å². The molecule has 2 aliphatic rings. The van der Waals surface area contributed by atoms with Gasteiger partial charge < -0.3 is 9.80 Å². The third-order valence-electron chi connectivity index (χ3n) is 5.01. The number of hydrogen-bond acceptors (Lipinski definition) is 7. The molecule has 1 unspecified atom stereocenters. The summed E-state index contributed by atoms with van der Waals surface area (Å²) in [4.78, 5) is 14.2. The van der Waals surface area contributed by atoms with Gasteiger partial charge in [0.1, 0.15) is 5.82 Å². The van der Waals surface area contributed by atoms with Gasteiger partial charge >= 0.3 is 0 Å². The first-order chi connectivity index (χ1) is 13.4. The SMILES string of the molecule is CC1CN(S(C)(=O)=O)CCN1c1ccnc(N2C=C(c3ccncc3)SC2)c1. The van der Waals surface area contributed by atoms with E-state index in [0.29, 0.717) is 19.6 Å². The van der Waals surface area contributed by atoms with Crippen LogP contribution in [0.2, 0.25) is 0 Å². The molecule has 0 saturated carbocycles. The average molecular weight is 418 g/mol. The highest BCUT2D eigenvalue weighted by Crippen LogP contribution is 2.36. The van der Waals surface area contributed by atoms with Crippen LogP contribution < -0.4 is 9.80 Å². The first-order valence-electron chi connectivity index (χ1n) is 9.11. The lowest BCUT2D eigenvalue weighted by Gasteiger charge is -2.40. The van der Waals surface area contributed by atoms with E-state index in [2.05, 4.69) is 39.0 Å². The zero-order valence-corrected chi connectivity index (χ0v) is 17.5. The summed E-state index contributed by atoms with van der Waals surface area (Å²) in [5, 5.41) is 0. The van der Waals surface area contributed by atoms with Crippen molar-refractivity contribution in [1.82, 2.24) is 14.3 Å². The van der Waals surface area contributed by atoms with Gasteiger partial charge in [0.15, 0.2) is 0 Å². The fourth-order valence-electron chi connectivity index (χ4n) is 3.51. The molecule has 0 aromatic carbocycles. The fourth-order valence-corrected chi connectivity index (χ4v) is 5.40. The smallest absolute Gasteiger partial charge is 0.211 e. The van der Waals surface area contributed by atoms with Crippen molar-refractivity contribution >= 4 is 38.2 Å². The van der Waals surface area contributed by atoms with Gasteiger partial charge in [0.25, 0.3) is 0 Å². The molecule has 4 rings (SSSR count). The van der Waals surface area contributed by atoms with Crippen molar-refractivity contribution in [2.24, 2.45) is 0 Å². The Labute approximate surface area is 170 Å². The summed E-state index contributed by atoms with van der Waals surface area (Å²) >= 11 is 1.78. The molecule has 148 valence electrons. The van der Waals surface area contributed by atoms with Crippen LogP contribution in [0.5, 0.6) is 0 Å². The second kappa shape index (κ2) is 7.73. The number of thioether (sulfide) groups is 1. The van der Waals surface area contributed by atoms with E-state index in [1.165, 1.54) is 11.2 Å². The van der Waals surface area contributed by atoms with Gasteiger partial charge in [0.05, 0.1) is 12.1 Å². The molecule has 1 saturated heterocycles. The maximum atomic E-state index is 11.8. The molecule has 0 bridgehead atoms. The van der Waals surface area contributed by atoms with Crippen LogP contribution in [0, 0.1) is 0 Å². The normalized spacial score (nSPS) is 21.1. The maximum Gasteiger partial charge on any atom is 0.211 e. The number of piperazine rings is 1. The molecule has 9 heteroatoms. The lowest BCUT2D eigenvalue weighted by molar-refractivity contribution is 0.345. The lowest BCUT2D eigenvalue weighted by Crippen LogP contribution is -2.53. The van der Waals surface area contributed by atoms with Gasteiger partial charge in [-0.1, -0.05) is 0 Å². The van der Waals surface area contributed by atoms with Crippen molar-refractivity contribution in [3.8, 4) is 0 Å². The number of hydrogen-bond donors (Lipinski definition) is 0. The summed E-state index contributed by atoms with van der Waals surface area (Å²) in [6, 6.07) is 8.20. The molecule has 4 heterocycles. The zero-order chi connectivity index (χ0) is 19.7. The third-order valence-corrected chi connectivity index (χ3v) is 7.34. The summed E-state index contributed by atoms with van der Waals surface area (Å²) < 4.78 is 25.2. The van der Waals surface area contributed by atoms with Crippen molar-refractivity contribution in [2.45, 2.75) is 13.0 Å². The molecular formula is C19H23N5O2S2. The van der Waals surface area contributed by atoms with Gasteiger partial charge in [-0.25, -0.2) is 13.4 Å². The number of aromatic nitrogens is 2. The molecule has 0 aliphatic carbocycles. The van der Waals surface area contributed by atoms with E-state index >= 15 is 0 Å². The van der Waals surface area contributed by atoms with Gasteiger partial charge in [-0.2, -0.15) is 4.31 Å². The Kier molecular flexibility index (Phi) is 5.31. The van der Waals surface area contributed by atoms with Crippen molar-refractivity contribution in [3.63, 3.8) is 0 Å². The third kappa shape index (κ3) is 4.01. The van der Waals surface area contributed by atoms with Gasteiger partial charge in [-0.3, -0.25) is 4.98 Å². The number of anilines is 2. The summed E-state index contributed by atoms with van der Waals surface area (Å²) in [5.74, 6) is 1.71. The first kappa shape index (κ1) is 19.2. The largest absolute Gasteiger partial charge is 0.366 e. The molecule has 2 aromatic rings. The number of pyridine rings is 2. The first-order valence-corrected chi connectivity index (χ1v) is 11.9. The lowest BCUT2D eigenvalue weighted by atomic mass is 10.2. The topological polar surface area (TPSA) is 69.6 Å². The Bertz CT molecular complexity index is 981. The van der Waals surface area contributed by atoms with E-state index in [1.807, 2.05) is 24.4 Å². The van der Waals surface area contributed by atoms with Crippen LogP contribution in [0.15, 0.2) is 49.1 Å². The molecule has 2 aliphatic heterocycles. The summed E-state index contributed by atoms with van der Waals surface area (Å²) in [5.41, 5.74) is 2.23. The molecule has 1 fully saturated rings. The van der Waals surface area contributed by atoms with Gasteiger partial charge in [0, 0.05) is 67.1 Å². The second-order valence-corrected chi connectivity index (χ2v) is 9.98. The van der Waals surface area contributed by atoms with E-state index in [4.69, 9.17) is 0 Å². The Hall–Kier alpha value is -2.10. The fraction of sp³-hybridized carbons (Fsp3) is 0.368. The monoisotopic (exact) mass is 417 g/mol. The predicted octanol–water partition coefficient (Wildman–Crippen LogP) is 2.46. The Balaban J connectivity index is 1.52. The Morgan fingerprint density at radius 1 is 1.14 bits per heavy atom. The van der Waals surface area contributed by atoms with E-state index in [1.54, 1.807) is 28.5 Å². The molecular weight excluding hydrogens is 394 g/mol. The summed E-state index contributed by atoms with van der Waals surface area (Å²) in [6.07, 6.45) is 8.82. The van der Waals surface area contributed by atoms with Crippen molar-refractivity contribution in [1.29, 1.82) is 0 Å². The van der Waals surface area contributed by atoms with Gasteiger partial charge in [-0.15, -0.1) is 11.8 Å². The molecule has 0 N–H and O–H groups in total. The standard InChI is InChI=1S/C19H23N5O2S2/c1-15-12-23(28(2,25)26)9-10-24(15)17-5-8-21-19(11-17)22-13-18(27-14-22)16-3-6-20-7-4-16/h3-8,11,13,15H,9-10,12,14H2,1-2H3. The Morgan fingerprint density at radius 3 is 2.64 bits per heavy atom. The Morgan fingerprint density at radius 2 is 1.93 bits per heavy atom. The highest BCUT2D eigenvalue weighted by atomic mass is 32.2. The number of nitrogens with zero attached hydrogens (tertiary/aromatic N) is 5. The quantitative estimate of drug-likeness (QED) is 0.757. The second-order valence-electron chi connectivity index (χ2n) is 7.01. The summed E-state index contributed by atoms with van der Waals surface area (Å²) in [7, 11) is -3.15. The zero-order valence-electron chi connectivity index (χ0n) is 15.9. The van der Waals surface area contributed by atoms with E-state index in [9.17, 15) is 8.42 Å². The minimum Gasteiger partial charge on any atom is -0.366 e. The van der Waals surface area contributed by atoms with Crippen molar-refractivity contribution < 1.29 is 8.42 Å². The number of sulfonamides is 1. The minimum atomic E-state index is -3.15. The van der Waals surface area contributed by atoms with Crippen LogP contribution in [-0.2, 0) is 10.0 Å². The molecule has 1 atom stereocenters. The van der Waals surface area contributed by atoms with E-state index in [-0.39, 0.29) is 6.04 Å². The highest BCUT2D eigenvalue weighted by molar-refractivity contribution is 8.08. The predicted molar refractivity (Wildman–Crippen MR) is 115 cm³/mol. The van der Waals surface area contributed by atoms with Crippen LogP contribution in [0.1, 0.15) is 12.5 Å².